The number of aliphatic hydroxyl groups excluding tert-OH is 1. The molecule has 2 atom stereocenters. The molecule has 1 aliphatic heterocycles. The van der Waals surface area contributed by atoms with Gasteiger partial charge in [0.1, 0.15) is 0 Å². The van der Waals surface area contributed by atoms with E-state index in [4.69, 9.17) is 16.6 Å². The van der Waals surface area contributed by atoms with E-state index in [1.54, 1.807) is 0 Å². The Hall–Kier alpha value is -1.16. The molecule has 2 unspecified atom stereocenters. The van der Waals surface area contributed by atoms with Gasteiger partial charge in [-0.25, -0.2) is 0 Å². The van der Waals surface area contributed by atoms with Crippen molar-refractivity contribution in [3.63, 3.8) is 0 Å². The van der Waals surface area contributed by atoms with E-state index in [-0.39, 0.29) is 11.5 Å². The molecule has 7 rings (SSSR count). The maximum absolute atomic E-state index is 11.5. The zero-order valence-electron chi connectivity index (χ0n) is 18.0. The van der Waals surface area contributed by atoms with Crippen LogP contribution < -0.4 is 5.32 Å². The number of fused-ring (bicyclic) bond motifs is 1. The Kier molecular flexibility index (Phi) is 4.67. The Labute approximate surface area is 184 Å². The van der Waals surface area contributed by atoms with E-state index in [0.29, 0.717) is 0 Å². The average Bonchev–Trinajstić information content (AvgIpc) is 2.72. The molecule has 3 nitrogen and oxygen atoms in total. The summed E-state index contributed by atoms with van der Waals surface area (Å²) >= 11 is 6.74. The number of aryl methyl sites for hydroxylation is 1. The van der Waals surface area contributed by atoms with Crippen LogP contribution in [0.15, 0.2) is 18.2 Å². The van der Waals surface area contributed by atoms with Crippen molar-refractivity contribution >= 4 is 22.5 Å². The fourth-order valence-corrected chi connectivity index (χ4v) is 8.07. The van der Waals surface area contributed by atoms with Crippen molar-refractivity contribution in [1.82, 2.24) is 10.3 Å². The molecular weight excluding hydrogens is 392 g/mol. The lowest BCUT2D eigenvalue weighted by Crippen LogP contribution is -2.49. The Morgan fingerprint density at radius 2 is 1.77 bits per heavy atom. The molecule has 0 spiro atoms. The number of hydrogen-bond acceptors (Lipinski definition) is 3. The molecule has 1 saturated heterocycles. The van der Waals surface area contributed by atoms with Crippen LogP contribution in [-0.2, 0) is 5.41 Å². The number of halogens is 1. The molecule has 0 radical (unpaired) electrons. The number of rotatable bonds is 3. The van der Waals surface area contributed by atoms with Crippen molar-refractivity contribution in [3.05, 3.63) is 40.0 Å². The number of nitrogens with one attached hydrogen (secondary N) is 1. The maximum Gasteiger partial charge on any atom is 0.0950 e. The highest BCUT2D eigenvalue weighted by atomic mass is 35.5. The summed E-state index contributed by atoms with van der Waals surface area (Å²) in [4.78, 5) is 5.23. The molecule has 2 heterocycles. The largest absolute Gasteiger partial charge is 0.387 e. The topological polar surface area (TPSA) is 45.2 Å². The lowest BCUT2D eigenvalue weighted by atomic mass is 9.48. The van der Waals surface area contributed by atoms with Gasteiger partial charge in [-0.2, -0.15) is 0 Å². The van der Waals surface area contributed by atoms with Crippen LogP contribution in [0.1, 0.15) is 80.7 Å². The van der Waals surface area contributed by atoms with Gasteiger partial charge in [0, 0.05) is 22.5 Å². The minimum Gasteiger partial charge on any atom is -0.387 e. The van der Waals surface area contributed by atoms with E-state index in [1.807, 2.05) is 6.07 Å². The number of nitrogens with zero attached hydrogens (tertiary/aromatic N) is 1. The number of benzene rings is 1. The molecule has 5 aliphatic rings. The number of aliphatic hydroxyl groups is 1. The molecule has 4 saturated carbocycles. The van der Waals surface area contributed by atoms with E-state index in [9.17, 15) is 5.11 Å². The van der Waals surface area contributed by atoms with Gasteiger partial charge in [0.2, 0.25) is 0 Å². The summed E-state index contributed by atoms with van der Waals surface area (Å²) in [6.07, 6.45) is 11.0. The third kappa shape index (κ3) is 3.12. The van der Waals surface area contributed by atoms with Gasteiger partial charge >= 0.3 is 0 Å². The predicted octanol–water partition coefficient (Wildman–Crippen LogP) is 5.84. The van der Waals surface area contributed by atoms with Crippen LogP contribution in [0.3, 0.4) is 0 Å². The molecule has 5 fully saturated rings. The van der Waals surface area contributed by atoms with Crippen LogP contribution in [0.4, 0.5) is 0 Å². The monoisotopic (exact) mass is 424 g/mol. The molecule has 2 aromatic rings. The SMILES string of the molecule is Cc1cc(Cl)c2nc(C34CC5CC(CC(C5)C3)C4)cc(C(O)C3CCCCN3)c2c1. The van der Waals surface area contributed by atoms with Crippen molar-refractivity contribution in [3.8, 4) is 0 Å². The van der Waals surface area contributed by atoms with E-state index in [0.717, 1.165) is 57.8 Å². The summed E-state index contributed by atoms with van der Waals surface area (Å²) in [7, 11) is 0. The third-order valence-corrected chi connectivity index (χ3v) is 8.96. The quantitative estimate of drug-likeness (QED) is 0.650. The Bertz CT molecular complexity index is 945. The zero-order valence-corrected chi connectivity index (χ0v) is 18.7. The standard InChI is InChI=1S/C26H33ClN2O/c1-15-6-19-20(25(30)22-4-2-3-5-28-22)11-23(29-24(19)21(27)7-15)26-12-16-8-17(13-26)10-18(9-16)14-26/h6-7,11,16-18,22,25,28,30H,2-5,8-10,12-14H2,1H3. The van der Waals surface area contributed by atoms with Crippen molar-refractivity contribution in [2.45, 2.75) is 82.3 Å². The van der Waals surface area contributed by atoms with Crippen molar-refractivity contribution in [1.29, 1.82) is 0 Å². The first-order valence-electron chi connectivity index (χ1n) is 12.0. The number of piperidine rings is 1. The minimum atomic E-state index is -0.513. The second-order valence-corrected chi connectivity index (χ2v) is 11.3. The van der Waals surface area contributed by atoms with E-state index < -0.39 is 6.10 Å². The van der Waals surface area contributed by atoms with Gasteiger partial charge in [-0.3, -0.25) is 4.98 Å². The fraction of sp³-hybridized carbons (Fsp3) is 0.654. The molecule has 4 aliphatic carbocycles. The highest BCUT2D eigenvalue weighted by Gasteiger charge is 2.52. The van der Waals surface area contributed by atoms with E-state index >= 15 is 0 Å². The van der Waals surface area contributed by atoms with Crippen LogP contribution in [0.5, 0.6) is 0 Å². The van der Waals surface area contributed by atoms with Gasteiger partial charge in [0.15, 0.2) is 0 Å². The van der Waals surface area contributed by atoms with Gasteiger partial charge in [0.25, 0.3) is 0 Å². The normalized spacial score (nSPS) is 36.4. The van der Waals surface area contributed by atoms with Crippen molar-refractivity contribution in [2.24, 2.45) is 17.8 Å². The van der Waals surface area contributed by atoms with Crippen LogP contribution in [0.2, 0.25) is 5.02 Å². The van der Waals surface area contributed by atoms with Gasteiger partial charge < -0.3 is 10.4 Å². The van der Waals surface area contributed by atoms with Gasteiger partial charge in [0.05, 0.1) is 16.6 Å². The number of hydrogen-bond donors (Lipinski definition) is 2. The molecule has 4 heteroatoms. The first-order valence-corrected chi connectivity index (χ1v) is 12.4. The van der Waals surface area contributed by atoms with Crippen molar-refractivity contribution < 1.29 is 5.11 Å². The molecule has 0 amide bonds. The summed E-state index contributed by atoms with van der Waals surface area (Å²) in [6.45, 7) is 3.07. The number of aromatic nitrogens is 1. The van der Waals surface area contributed by atoms with Crippen LogP contribution in [0.25, 0.3) is 10.9 Å². The third-order valence-electron chi connectivity index (χ3n) is 8.67. The molecule has 4 bridgehead atoms. The minimum absolute atomic E-state index is 0.118. The summed E-state index contributed by atoms with van der Waals surface area (Å²) < 4.78 is 0. The molecule has 30 heavy (non-hydrogen) atoms. The fourth-order valence-electron chi connectivity index (χ4n) is 7.75. The Morgan fingerprint density at radius 1 is 1.07 bits per heavy atom. The van der Waals surface area contributed by atoms with Crippen LogP contribution in [0, 0.1) is 24.7 Å². The molecular formula is C26H33ClN2O. The summed E-state index contributed by atoms with van der Waals surface area (Å²) in [5, 5.41) is 16.8. The second-order valence-electron chi connectivity index (χ2n) is 10.9. The lowest BCUT2D eigenvalue weighted by molar-refractivity contribution is -0.00720. The van der Waals surface area contributed by atoms with Gasteiger partial charge in [-0.05, 0) is 112 Å². The molecule has 160 valence electrons. The maximum atomic E-state index is 11.5. The summed E-state index contributed by atoms with van der Waals surface area (Å²) in [6, 6.07) is 6.59. The van der Waals surface area contributed by atoms with Gasteiger partial charge in [-0.1, -0.05) is 18.0 Å². The highest BCUT2D eigenvalue weighted by Crippen LogP contribution is 2.60. The Morgan fingerprint density at radius 3 is 2.40 bits per heavy atom. The first-order chi connectivity index (χ1) is 14.5. The summed E-state index contributed by atoms with van der Waals surface area (Å²) in [5.41, 5.74) is 4.47. The molecule has 1 aromatic heterocycles. The molecule has 1 aromatic carbocycles. The zero-order chi connectivity index (χ0) is 20.5. The van der Waals surface area contributed by atoms with Crippen LogP contribution >= 0.6 is 11.6 Å². The number of pyridine rings is 1. The lowest BCUT2D eigenvalue weighted by Gasteiger charge is -2.56. The Balaban J connectivity index is 1.50. The van der Waals surface area contributed by atoms with Crippen LogP contribution in [-0.4, -0.2) is 22.7 Å². The first kappa shape index (κ1) is 19.5. The predicted molar refractivity (Wildman–Crippen MR) is 122 cm³/mol. The van der Waals surface area contributed by atoms with E-state index in [1.165, 1.54) is 57.1 Å². The van der Waals surface area contributed by atoms with E-state index in [2.05, 4.69) is 24.4 Å². The average molecular weight is 425 g/mol. The highest BCUT2D eigenvalue weighted by molar-refractivity contribution is 6.35. The molecule has 2 N–H and O–H groups in total. The second kappa shape index (κ2) is 7.18. The smallest absolute Gasteiger partial charge is 0.0950 e. The van der Waals surface area contributed by atoms with Crippen molar-refractivity contribution in [2.75, 3.05) is 6.54 Å². The van der Waals surface area contributed by atoms with Gasteiger partial charge in [-0.15, -0.1) is 0 Å². The summed E-state index contributed by atoms with van der Waals surface area (Å²) in [5.74, 6) is 2.61.